The van der Waals surface area contributed by atoms with E-state index in [0.29, 0.717) is 12.1 Å². The molecule has 0 aliphatic carbocycles. The molecule has 0 aliphatic heterocycles. The molecule has 2 nitrogen and oxygen atoms in total. The van der Waals surface area contributed by atoms with Crippen LogP contribution in [0.3, 0.4) is 0 Å². The van der Waals surface area contributed by atoms with E-state index in [2.05, 4.69) is 58.1 Å². The van der Waals surface area contributed by atoms with E-state index in [1.165, 1.54) is 17.5 Å². The Morgan fingerprint density at radius 3 is 2.47 bits per heavy atom. The number of rotatable bonds is 8. The first kappa shape index (κ1) is 16.0. The molecular weight excluding hydrogens is 234 g/mol. The lowest BCUT2D eigenvalue weighted by Crippen LogP contribution is -2.19. The molecule has 2 atom stereocenters. The summed E-state index contributed by atoms with van der Waals surface area (Å²) < 4.78 is 5.98. The fraction of sp³-hybridized carbons (Fsp3) is 0.647. The van der Waals surface area contributed by atoms with Gasteiger partial charge in [0.2, 0.25) is 0 Å². The van der Waals surface area contributed by atoms with E-state index in [-0.39, 0.29) is 0 Å². The second kappa shape index (κ2) is 8.21. The van der Waals surface area contributed by atoms with E-state index in [1.807, 2.05) is 0 Å². The van der Waals surface area contributed by atoms with Gasteiger partial charge in [-0.25, -0.2) is 0 Å². The van der Waals surface area contributed by atoms with Crippen molar-refractivity contribution in [3.05, 3.63) is 29.3 Å². The van der Waals surface area contributed by atoms with Crippen LogP contribution in [0.1, 0.15) is 64.1 Å². The fourth-order valence-electron chi connectivity index (χ4n) is 2.24. The van der Waals surface area contributed by atoms with Crippen molar-refractivity contribution in [3.8, 4) is 5.75 Å². The van der Waals surface area contributed by atoms with E-state index >= 15 is 0 Å². The number of hydrogen-bond donors (Lipinski definition) is 1. The van der Waals surface area contributed by atoms with Gasteiger partial charge in [-0.05, 0) is 57.4 Å². The number of ether oxygens (including phenoxy) is 1. The first-order valence-corrected chi connectivity index (χ1v) is 7.59. The van der Waals surface area contributed by atoms with E-state index in [9.17, 15) is 0 Å². The second-order valence-electron chi connectivity index (χ2n) is 5.42. The highest BCUT2D eigenvalue weighted by Gasteiger charge is 2.09. The Labute approximate surface area is 118 Å². The fourth-order valence-corrected chi connectivity index (χ4v) is 2.24. The summed E-state index contributed by atoms with van der Waals surface area (Å²) in [6.45, 7) is 11.9. The zero-order valence-corrected chi connectivity index (χ0v) is 13.1. The van der Waals surface area contributed by atoms with Crippen molar-refractivity contribution >= 4 is 0 Å². The Morgan fingerprint density at radius 2 is 1.89 bits per heavy atom. The smallest absolute Gasteiger partial charge is 0.122 e. The average Bonchev–Trinajstić information content (AvgIpc) is 2.38. The SMILES string of the molecule is CCCNC(C)c1ccc(OC(C)CCC)c(C)c1. The Hall–Kier alpha value is -1.02. The molecule has 0 bridgehead atoms. The minimum Gasteiger partial charge on any atom is -0.490 e. The minimum absolute atomic E-state index is 0.296. The van der Waals surface area contributed by atoms with Crippen LogP contribution in [0.4, 0.5) is 0 Å². The summed E-state index contributed by atoms with van der Waals surface area (Å²) in [6, 6.07) is 6.93. The quantitative estimate of drug-likeness (QED) is 0.738. The predicted octanol–water partition coefficient (Wildman–Crippen LogP) is 4.62. The van der Waals surface area contributed by atoms with Crippen LogP contribution in [0.5, 0.6) is 5.75 Å². The summed E-state index contributed by atoms with van der Waals surface area (Å²) in [5.41, 5.74) is 2.56. The lowest BCUT2D eigenvalue weighted by atomic mass is 10.0. The maximum absolute atomic E-state index is 5.98. The van der Waals surface area contributed by atoms with Crippen molar-refractivity contribution < 1.29 is 4.74 Å². The molecule has 2 unspecified atom stereocenters. The van der Waals surface area contributed by atoms with Crippen LogP contribution >= 0.6 is 0 Å². The van der Waals surface area contributed by atoms with Crippen LogP contribution in [0.2, 0.25) is 0 Å². The molecule has 0 fully saturated rings. The van der Waals surface area contributed by atoms with E-state index in [4.69, 9.17) is 4.74 Å². The van der Waals surface area contributed by atoms with Crippen LogP contribution in [0.15, 0.2) is 18.2 Å². The van der Waals surface area contributed by atoms with Gasteiger partial charge >= 0.3 is 0 Å². The molecule has 0 saturated carbocycles. The second-order valence-corrected chi connectivity index (χ2v) is 5.42. The van der Waals surface area contributed by atoms with Crippen molar-refractivity contribution in [1.82, 2.24) is 5.32 Å². The molecule has 1 rings (SSSR count). The predicted molar refractivity (Wildman–Crippen MR) is 82.9 cm³/mol. The Morgan fingerprint density at radius 1 is 1.16 bits per heavy atom. The third-order valence-corrected chi connectivity index (χ3v) is 3.42. The maximum Gasteiger partial charge on any atom is 0.122 e. The lowest BCUT2D eigenvalue weighted by molar-refractivity contribution is 0.208. The summed E-state index contributed by atoms with van der Waals surface area (Å²) in [6.07, 6.45) is 3.73. The molecule has 0 radical (unpaired) electrons. The minimum atomic E-state index is 0.296. The Kier molecular flexibility index (Phi) is 6.93. The van der Waals surface area contributed by atoms with Crippen LogP contribution in [-0.4, -0.2) is 12.6 Å². The highest BCUT2D eigenvalue weighted by atomic mass is 16.5. The van der Waals surface area contributed by atoms with E-state index in [1.54, 1.807) is 0 Å². The number of benzene rings is 1. The van der Waals surface area contributed by atoms with Gasteiger partial charge in [0.15, 0.2) is 0 Å². The van der Waals surface area contributed by atoms with Crippen molar-refractivity contribution in [2.45, 2.75) is 66.0 Å². The third kappa shape index (κ3) is 5.23. The molecule has 0 amide bonds. The first-order valence-electron chi connectivity index (χ1n) is 7.59. The van der Waals surface area contributed by atoms with Crippen LogP contribution in [0.25, 0.3) is 0 Å². The third-order valence-electron chi connectivity index (χ3n) is 3.42. The standard InChI is InChI=1S/C17H29NO/c1-6-8-14(4)19-17-10-9-16(12-13(17)3)15(5)18-11-7-2/h9-10,12,14-15,18H,6-8,11H2,1-5H3. The van der Waals surface area contributed by atoms with Gasteiger partial charge in [0.25, 0.3) is 0 Å². The molecule has 0 aliphatic rings. The summed E-state index contributed by atoms with van der Waals surface area (Å²) in [5.74, 6) is 1.02. The lowest BCUT2D eigenvalue weighted by Gasteiger charge is -2.18. The monoisotopic (exact) mass is 263 g/mol. The Balaban J connectivity index is 2.68. The van der Waals surface area contributed by atoms with Gasteiger partial charge in [0.1, 0.15) is 5.75 Å². The van der Waals surface area contributed by atoms with Crippen molar-refractivity contribution in [3.63, 3.8) is 0 Å². The zero-order valence-electron chi connectivity index (χ0n) is 13.1. The molecule has 1 aromatic rings. The number of hydrogen-bond acceptors (Lipinski definition) is 2. The molecule has 1 N–H and O–H groups in total. The molecule has 108 valence electrons. The largest absolute Gasteiger partial charge is 0.490 e. The summed E-state index contributed by atoms with van der Waals surface area (Å²) in [4.78, 5) is 0. The summed E-state index contributed by atoms with van der Waals surface area (Å²) >= 11 is 0. The normalized spacial score (nSPS) is 14.2. The molecule has 19 heavy (non-hydrogen) atoms. The maximum atomic E-state index is 5.98. The molecule has 0 saturated heterocycles. The van der Waals surface area contributed by atoms with Crippen LogP contribution in [0, 0.1) is 6.92 Å². The van der Waals surface area contributed by atoms with Crippen molar-refractivity contribution in [2.24, 2.45) is 0 Å². The summed E-state index contributed by atoms with van der Waals surface area (Å²) in [7, 11) is 0. The number of aryl methyl sites for hydroxylation is 1. The van der Waals surface area contributed by atoms with Gasteiger partial charge < -0.3 is 10.1 Å². The van der Waals surface area contributed by atoms with E-state index in [0.717, 1.165) is 25.1 Å². The molecule has 0 aromatic heterocycles. The molecule has 0 spiro atoms. The van der Waals surface area contributed by atoms with Gasteiger partial charge in [-0.3, -0.25) is 0 Å². The highest BCUT2D eigenvalue weighted by Crippen LogP contribution is 2.24. The van der Waals surface area contributed by atoms with Gasteiger partial charge in [-0.1, -0.05) is 32.4 Å². The molecular formula is C17H29NO. The first-order chi connectivity index (χ1) is 9.08. The molecule has 0 heterocycles. The topological polar surface area (TPSA) is 21.3 Å². The average molecular weight is 263 g/mol. The number of nitrogens with one attached hydrogen (secondary N) is 1. The highest BCUT2D eigenvalue weighted by molar-refractivity contribution is 5.37. The van der Waals surface area contributed by atoms with Crippen molar-refractivity contribution in [1.29, 1.82) is 0 Å². The van der Waals surface area contributed by atoms with Gasteiger partial charge in [-0.2, -0.15) is 0 Å². The molecule has 2 heteroatoms. The van der Waals surface area contributed by atoms with Gasteiger partial charge in [0.05, 0.1) is 6.10 Å². The van der Waals surface area contributed by atoms with Crippen molar-refractivity contribution in [2.75, 3.05) is 6.54 Å². The van der Waals surface area contributed by atoms with Gasteiger partial charge in [0, 0.05) is 6.04 Å². The van der Waals surface area contributed by atoms with E-state index < -0.39 is 0 Å². The zero-order chi connectivity index (χ0) is 14.3. The van der Waals surface area contributed by atoms with Crippen LogP contribution in [-0.2, 0) is 0 Å². The van der Waals surface area contributed by atoms with Crippen LogP contribution < -0.4 is 10.1 Å². The summed E-state index contributed by atoms with van der Waals surface area (Å²) in [5, 5.41) is 3.52. The Bertz CT molecular complexity index is 376. The molecule has 1 aromatic carbocycles. The van der Waals surface area contributed by atoms with Gasteiger partial charge in [-0.15, -0.1) is 0 Å².